The Bertz CT molecular complexity index is 669. The fourth-order valence-electron chi connectivity index (χ4n) is 3.38. The van der Waals surface area contributed by atoms with Crippen LogP contribution in [0.2, 0.25) is 0 Å². The van der Waals surface area contributed by atoms with E-state index in [2.05, 4.69) is 4.74 Å². The highest BCUT2D eigenvalue weighted by atomic mass is 19.1. The van der Waals surface area contributed by atoms with E-state index in [0.717, 1.165) is 20.3 Å². The number of hydrogen-bond donors (Lipinski definition) is 1. The molecule has 6 nitrogen and oxygen atoms in total. The van der Waals surface area contributed by atoms with Crippen molar-refractivity contribution >= 4 is 17.7 Å². The average molecular weight is 338 g/mol. The zero-order valence-corrected chi connectivity index (χ0v) is 13.6. The molecule has 1 aliphatic rings. The van der Waals surface area contributed by atoms with Gasteiger partial charge in [-0.2, -0.15) is 0 Å². The predicted molar refractivity (Wildman–Crippen MR) is 80.4 cm³/mol. The summed E-state index contributed by atoms with van der Waals surface area (Å²) in [5.41, 5.74) is -1.49. The molecule has 0 unspecified atom stereocenters. The van der Waals surface area contributed by atoms with Gasteiger partial charge in [0.15, 0.2) is 5.78 Å². The number of hydrogen-bond acceptors (Lipinski definition) is 6. The lowest BCUT2D eigenvalue weighted by molar-refractivity contribution is -0.170. The number of carbonyl (C=O) groups excluding carboxylic acids is 3. The molecule has 1 aliphatic carbocycles. The van der Waals surface area contributed by atoms with Gasteiger partial charge < -0.3 is 14.6 Å². The Balaban J connectivity index is 2.65. The van der Waals surface area contributed by atoms with Crippen molar-refractivity contribution in [2.75, 3.05) is 14.2 Å². The molecule has 0 radical (unpaired) electrons. The number of methoxy groups -OCH3 is 2. The molecule has 0 saturated heterocycles. The van der Waals surface area contributed by atoms with E-state index in [1.807, 2.05) is 0 Å². The zero-order valence-electron chi connectivity index (χ0n) is 13.6. The van der Waals surface area contributed by atoms with Gasteiger partial charge in [-0.25, -0.2) is 4.39 Å². The molecule has 24 heavy (non-hydrogen) atoms. The van der Waals surface area contributed by atoms with Crippen molar-refractivity contribution in [3.8, 4) is 0 Å². The molecule has 1 aromatic carbocycles. The Morgan fingerprint density at radius 1 is 1.25 bits per heavy atom. The molecule has 0 aliphatic heterocycles. The van der Waals surface area contributed by atoms with Gasteiger partial charge in [0.05, 0.1) is 25.7 Å². The number of ketones is 1. The summed E-state index contributed by atoms with van der Waals surface area (Å²) in [4.78, 5) is 36.8. The summed E-state index contributed by atoms with van der Waals surface area (Å²) in [5, 5.41) is 10.6. The van der Waals surface area contributed by atoms with Crippen molar-refractivity contribution < 1.29 is 33.4 Å². The first-order chi connectivity index (χ1) is 11.2. The molecule has 1 aromatic rings. The minimum atomic E-state index is -1.73. The van der Waals surface area contributed by atoms with Crippen LogP contribution in [0.1, 0.15) is 24.8 Å². The average Bonchev–Trinajstić information content (AvgIpc) is 2.52. The smallest absolute Gasteiger partial charge is 0.316 e. The topological polar surface area (TPSA) is 89.9 Å². The van der Waals surface area contributed by atoms with Crippen molar-refractivity contribution in [3.63, 3.8) is 0 Å². The first kappa shape index (κ1) is 18.1. The number of aliphatic hydroxyl groups is 1. The number of esters is 2. The molecule has 0 bridgehead atoms. The van der Waals surface area contributed by atoms with E-state index in [4.69, 9.17) is 4.74 Å². The molecule has 2 rings (SSSR count). The molecule has 0 spiro atoms. The van der Waals surface area contributed by atoms with Crippen molar-refractivity contribution in [1.29, 1.82) is 0 Å². The van der Waals surface area contributed by atoms with Gasteiger partial charge in [0.2, 0.25) is 0 Å². The lowest BCUT2D eigenvalue weighted by atomic mass is 9.62. The Morgan fingerprint density at radius 3 is 2.42 bits per heavy atom. The summed E-state index contributed by atoms with van der Waals surface area (Å²) in [6.45, 7) is 1.33. The molecular weight excluding hydrogens is 319 g/mol. The number of halogens is 1. The highest BCUT2D eigenvalue weighted by Gasteiger charge is 2.56. The maximum Gasteiger partial charge on any atom is 0.316 e. The van der Waals surface area contributed by atoms with Crippen molar-refractivity contribution in [1.82, 2.24) is 0 Å². The van der Waals surface area contributed by atoms with Crippen LogP contribution in [0.15, 0.2) is 24.3 Å². The van der Waals surface area contributed by atoms with Gasteiger partial charge in [0.25, 0.3) is 0 Å². The summed E-state index contributed by atoms with van der Waals surface area (Å²) < 4.78 is 23.1. The second kappa shape index (κ2) is 6.68. The normalized spacial score (nSPS) is 29.9. The van der Waals surface area contributed by atoms with Gasteiger partial charge in [-0.1, -0.05) is 12.1 Å². The van der Waals surface area contributed by atoms with E-state index in [9.17, 15) is 23.9 Å². The summed E-state index contributed by atoms with van der Waals surface area (Å²) in [5.74, 6) is -6.39. The third-order valence-electron chi connectivity index (χ3n) is 4.41. The van der Waals surface area contributed by atoms with E-state index in [1.54, 1.807) is 0 Å². The van der Waals surface area contributed by atoms with Crippen molar-refractivity contribution in [2.45, 2.75) is 24.9 Å². The maximum absolute atomic E-state index is 13.7. The Kier molecular flexibility index (Phi) is 5.03. The molecule has 4 atom stereocenters. The monoisotopic (exact) mass is 338 g/mol. The van der Waals surface area contributed by atoms with Crippen molar-refractivity contribution in [2.24, 2.45) is 11.8 Å². The second-order valence-corrected chi connectivity index (χ2v) is 6.08. The van der Waals surface area contributed by atoms with Gasteiger partial charge in [-0.05, 0) is 24.6 Å². The molecular formula is C17H19FO6. The summed E-state index contributed by atoms with van der Waals surface area (Å²) in [7, 11) is 2.27. The fraction of sp³-hybridized carbons (Fsp3) is 0.471. The largest absolute Gasteiger partial charge is 0.469 e. The number of carbonyl (C=O) groups is 3. The van der Waals surface area contributed by atoms with Crippen LogP contribution < -0.4 is 0 Å². The van der Waals surface area contributed by atoms with Crippen molar-refractivity contribution in [3.05, 3.63) is 35.6 Å². The number of benzene rings is 1. The third kappa shape index (κ3) is 3.17. The minimum absolute atomic E-state index is 0.245. The third-order valence-corrected chi connectivity index (χ3v) is 4.41. The van der Waals surface area contributed by atoms with Gasteiger partial charge in [0.1, 0.15) is 11.7 Å². The fourth-order valence-corrected chi connectivity index (χ4v) is 3.38. The van der Waals surface area contributed by atoms with Crippen LogP contribution in [0.25, 0.3) is 0 Å². The molecule has 0 amide bonds. The summed E-state index contributed by atoms with van der Waals surface area (Å²) >= 11 is 0. The van der Waals surface area contributed by atoms with Crippen LogP contribution in [-0.4, -0.2) is 42.6 Å². The van der Waals surface area contributed by atoms with E-state index in [1.165, 1.54) is 25.1 Å². The van der Waals surface area contributed by atoms with Crippen LogP contribution in [0.4, 0.5) is 4.39 Å². The van der Waals surface area contributed by atoms with Crippen LogP contribution in [0.3, 0.4) is 0 Å². The lowest BCUT2D eigenvalue weighted by Gasteiger charge is -2.43. The number of rotatable bonds is 3. The Hall–Kier alpha value is -2.28. The highest BCUT2D eigenvalue weighted by molar-refractivity contribution is 6.02. The quantitative estimate of drug-likeness (QED) is 0.658. The first-order valence-electron chi connectivity index (χ1n) is 7.39. The van der Waals surface area contributed by atoms with Gasteiger partial charge in [0, 0.05) is 12.3 Å². The van der Waals surface area contributed by atoms with Crippen LogP contribution in [-0.2, 0) is 23.9 Å². The molecule has 7 heteroatoms. The molecule has 1 saturated carbocycles. The minimum Gasteiger partial charge on any atom is -0.469 e. The van der Waals surface area contributed by atoms with Crippen LogP contribution in [0.5, 0.6) is 0 Å². The maximum atomic E-state index is 13.7. The van der Waals surface area contributed by atoms with Gasteiger partial charge >= 0.3 is 11.9 Å². The number of ether oxygens (including phenoxy) is 2. The van der Waals surface area contributed by atoms with Gasteiger partial charge in [-0.15, -0.1) is 0 Å². The second-order valence-electron chi connectivity index (χ2n) is 6.08. The zero-order chi connectivity index (χ0) is 18.1. The van der Waals surface area contributed by atoms with Crippen LogP contribution in [0, 0.1) is 17.7 Å². The molecule has 1 fully saturated rings. The van der Waals surface area contributed by atoms with Crippen LogP contribution >= 0.6 is 0 Å². The highest BCUT2D eigenvalue weighted by Crippen LogP contribution is 2.46. The van der Waals surface area contributed by atoms with E-state index < -0.39 is 53.3 Å². The van der Waals surface area contributed by atoms with Gasteiger partial charge in [-0.3, -0.25) is 14.4 Å². The van der Waals surface area contributed by atoms with E-state index >= 15 is 0 Å². The molecule has 0 heterocycles. The Labute approximate surface area is 138 Å². The number of Topliss-reactive ketones (excluding diaryl/α,β-unsaturated/α-hetero) is 1. The molecule has 0 aromatic heterocycles. The van der Waals surface area contributed by atoms with E-state index in [-0.39, 0.29) is 5.56 Å². The SMILES string of the molecule is COC(=O)[C@H]1C(=O)C[C@@](C)(O)[C@@H](C(=O)OC)[C@H]1c1cccc(F)c1. The standard InChI is InChI=1S/C17H19FO6/c1-17(22)8-11(19)13(15(20)23-2)12(14(17)16(21)24-3)9-5-4-6-10(18)7-9/h4-7,12-14,22H,8H2,1-3H3/t12-,13-,14+,17+/m0/s1. The molecule has 130 valence electrons. The lowest BCUT2D eigenvalue weighted by Crippen LogP contribution is -2.55. The molecule has 1 N–H and O–H groups in total. The predicted octanol–water partition coefficient (Wildman–Crippen LogP) is 1.21. The van der Waals surface area contributed by atoms with E-state index in [0.29, 0.717) is 0 Å². The summed E-state index contributed by atoms with van der Waals surface area (Å²) in [6, 6.07) is 5.23. The first-order valence-corrected chi connectivity index (χ1v) is 7.39. The summed E-state index contributed by atoms with van der Waals surface area (Å²) in [6.07, 6.45) is -0.404. The Morgan fingerprint density at radius 2 is 1.88 bits per heavy atom.